The van der Waals surface area contributed by atoms with Gasteiger partial charge in [-0.3, -0.25) is 14.4 Å². The standard InChI is InChI=1S/C22H18Cl2N4O5/c23-18-8-5-15(10-19(18)24)27-20(29)13-33-16-6-3-14(4-7-16)11-26-28-22(31)21(30)25-12-17-2-1-9-32-17/h1-11H,12-13H2,(H,25,30)(H,27,29)(H,28,31)/b26-11-. The summed E-state index contributed by atoms with van der Waals surface area (Å²) in [7, 11) is 0. The van der Waals surface area contributed by atoms with E-state index < -0.39 is 11.8 Å². The van der Waals surface area contributed by atoms with E-state index >= 15 is 0 Å². The molecule has 3 N–H and O–H groups in total. The minimum atomic E-state index is -0.911. The van der Waals surface area contributed by atoms with Crippen molar-refractivity contribution in [1.29, 1.82) is 0 Å². The van der Waals surface area contributed by atoms with Crippen LogP contribution in [0.2, 0.25) is 10.0 Å². The topological polar surface area (TPSA) is 122 Å². The van der Waals surface area contributed by atoms with Gasteiger partial charge in [-0.2, -0.15) is 5.10 Å². The van der Waals surface area contributed by atoms with Gasteiger partial charge in [-0.15, -0.1) is 0 Å². The SMILES string of the molecule is O=C(COc1ccc(/C=N\NC(=O)C(=O)NCc2ccco2)cc1)Nc1ccc(Cl)c(Cl)c1. The van der Waals surface area contributed by atoms with Crippen LogP contribution in [0.3, 0.4) is 0 Å². The van der Waals surface area contributed by atoms with Crippen molar-refractivity contribution in [2.24, 2.45) is 5.10 Å². The molecular weight excluding hydrogens is 471 g/mol. The lowest BCUT2D eigenvalue weighted by Crippen LogP contribution is -2.37. The van der Waals surface area contributed by atoms with Gasteiger partial charge in [0.15, 0.2) is 6.61 Å². The van der Waals surface area contributed by atoms with Crippen molar-refractivity contribution >= 4 is 52.8 Å². The van der Waals surface area contributed by atoms with Gasteiger partial charge in [0.25, 0.3) is 5.91 Å². The molecule has 0 unspecified atom stereocenters. The number of nitrogens with one attached hydrogen (secondary N) is 3. The van der Waals surface area contributed by atoms with E-state index in [1.54, 1.807) is 48.5 Å². The number of rotatable bonds is 8. The van der Waals surface area contributed by atoms with Gasteiger partial charge >= 0.3 is 11.8 Å². The number of carbonyl (C=O) groups excluding carboxylic acids is 3. The largest absolute Gasteiger partial charge is 0.484 e. The zero-order chi connectivity index (χ0) is 23.6. The van der Waals surface area contributed by atoms with Crippen LogP contribution >= 0.6 is 23.2 Å². The zero-order valence-corrected chi connectivity index (χ0v) is 18.5. The Morgan fingerprint density at radius 1 is 1.00 bits per heavy atom. The Labute approximate surface area is 198 Å². The number of ether oxygens (including phenoxy) is 1. The molecule has 0 aliphatic heterocycles. The summed E-state index contributed by atoms with van der Waals surface area (Å²) in [6, 6.07) is 14.7. The summed E-state index contributed by atoms with van der Waals surface area (Å²) in [6.07, 6.45) is 2.83. The van der Waals surface area contributed by atoms with Crippen molar-refractivity contribution in [1.82, 2.24) is 10.7 Å². The maximum absolute atomic E-state index is 12.0. The minimum absolute atomic E-state index is 0.0932. The number of nitrogens with zero attached hydrogens (tertiary/aromatic N) is 1. The van der Waals surface area contributed by atoms with Gasteiger partial charge in [0.2, 0.25) is 0 Å². The molecule has 0 aliphatic carbocycles. The molecule has 1 heterocycles. The second kappa shape index (κ2) is 11.7. The molecule has 0 aliphatic rings. The van der Waals surface area contributed by atoms with Gasteiger partial charge in [-0.05, 0) is 60.2 Å². The Hall–Kier alpha value is -3.82. The van der Waals surface area contributed by atoms with Crippen LogP contribution in [0.25, 0.3) is 0 Å². The predicted molar refractivity (Wildman–Crippen MR) is 123 cm³/mol. The van der Waals surface area contributed by atoms with Gasteiger partial charge in [0, 0.05) is 5.69 Å². The average Bonchev–Trinajstić information content (AvgIpc) is 3.33. The third-order valence-corrected chi connectivity index (χ3v) is 4.78. The number of hydrogen-bond donors (Lipinski definition) is 3. The third-order valence-electron chi connectivity index (χ3n) is 4.04. The lowest BCUT2D eigenvalue weighted by molar-refractivity contribution is -0.139. The number of carbonyl (C=O) groups is 3. The molecule has 3 aromatic rings. The number of halogens is 2. The second-order valence-corrected chi connectivity index (χ2v) is 7.31. The van der Waals surface area contributed by atoms with E-state index in [0.717, 1.165) is 0 Å². The zero-order valence-electron chi connectivity index (χ0n) is 17.0. The lowest BCUT2D eigenvalue weighted by atomic mass is 10.2. The van der Waals surface area contributed by atoms with Gasteiger partial charge in [-0.1, -0.05) is 23.2 Å². The minimum Gasteiger partial charge on any atom is -0.484 e. The first-order valence-electron chi connectivity index (χ1n) is 9.52. The molecule has 2 aromatic carbocycles. The molecule has 1 aromatic heterocycles. The Morgan fingerprint density at radius 2 is 1.79 bits per heavy atom. The summed E-state index contributed by atoms with van der Waals surface area (Å²) in [5, 5.41) is 9.51. The summed E-state index contributed by atoms with van der Waals surface area (Å²) in [5.74, 6) is -1.14. The molecule has 3 rings (SSSR count). The van der Waals surface area contributed by atoms with E-state index in [1.807, 2.05) is 0 Å². The average molecular weight is 489 g/mol. The molecule has 0 bridgehead atoms. The molecule has 170 valence electrons. The first kappa shape index (κ1) is 23.8. The highest BCUT2D eigenvalue weighted by molar-refractivity contribution is 6.42. The van der Waals surface area contributed by atoms with Crippen molar-refractivity contribution in [2.75, 3.05) is 11.9 Å². The first-order valence-corrected chi connectivity index (χ1v) is 10.3. The maximum atomic E-state index is 12.0. The monoisotopic (exact) mass is 488 g/mol. The van der Waals surface area contributed by atoms with E-state index in [-0.39, 0.29) is 19.1 Å². The number of anilines is 1. The number of hydrogen-bond acceptors (Lipinski definition) is 6. The second-order valence-electron chi connectivity index (χ2n) is 6.50. The Bertz CT molecular complexity index is 1150. The van der Waals surface area contributed by atoms with Crippen LogP contribution < -0.4 is 20.8 Å². The molecule has 0 atom stereocenters. The van der Waals surface area contributed by atoms with Gasteiger partial charge < -0.3 is 19.8 Å². The van der Waals surface area contributed by atoms with Crippen molar-refractivity contribution in [3.8, 4) is 5.75 Å². The van der Waals surface area contributed by atoms with E-state index in [1.165, 1.54) is 18.5 Å². The molecule has 11 heteroatoms. The van der Waals surface area contributed by atoms with Crippen molar-refractivity contribution < 1.29 is 23.5 Å². The summed E-state index contributed by atoms with van der Waals surface area (Å²) in [4.78, 5) is 35.4. The van der Waals surface area contributed by atoms with Crippen LogP contribution in [0.4, 0.5) is 5.69 Å². The Morgan fingerprint density at radius 3 is 2.48 bits per heavy atom. The molecule has 0 saturated carbocycles. The maximum Gasteiger partial charge on any atom is 0.329 e. The number of amides is 3. The Balaban J connectivity index is 1.40. The summed E-state index contributed by atoms with van der Waals surface area (Å²) < 4.78 is 10.5. The van der Waals surface area contributed by atoms with Crippen LogP contribution in [0, 0.1) is 0 Å². The highest BCUT2D eigenvalue weighted by Crippen LogP contribution is 2.25. The van der Waals surface area contributed by atoms with Crippen LogP contribution in [0.1, 0.15) is 11.3 Å². The fourth-order valence-corrected chi connectivity index (χ4v) is 2.75. The molecule has 3 amide bonds. The first-order chi connectivity index (χ1) is 15.9. The fourth-order valence-electron chi connectivity index (χ4n) is 2.45. The quantitative estimate of drug-likeness (QED) is 0.255. The molecule has 33 heavy (non-hydrogen) atoms. The number of benzene rings is 2. The van der Waals surface area contributed by atoms with Crippen molar-refractivity contribution in [3.05, 3.63) is 82.2 Å². The van der Waals surface area contributed by atoms with Crippen LogP contribution in [0.5, 0.6) is 5.75 Å². The molecule has 0 radical (unpaired) electrons. The van der Waals surface area contributed by atoms with Gasteiger partial charge in [0.1, 0.15) is 11.5 Å². The van der Waals surface area contributed by atoms with Crippen LogP contribution in [-0.4, -0.2) is 30.5 Å². The van der Waals surface area contributed by atoms with Gasteiger partial charge in [-0.25, -0.2) is 5.43 Å². The molecular formula is C22H18Cl2N4O5. The molecule has 9 nitrogen and oxygen atoms in total. The normalized spacial score (nSPS) is 10.6. The van der Waals surface area contributed by atoms with Crippen LogP contribution in [0.15, 0.2) is 70.4 Å². The molecule has 0 spiro atoms. The summed E-state index contributed by atoms with van der Waals surface area (Å²) in [6.45, 7) is -0.118. The third kappa shape index (κ3) is 7.67. The summed E-state index contributed by atoms with van der Waals surface area (Å²) in [5.41, 5.74) is 3.27. The van der Waals surface area contributed by atoms with E-state index in [0.29, 0.717) is 32.8 Å². The fraction of sp³-hybridized carbons (Fsp3) is 0.0909. The Kier molecular flexibility index (Phi) is 8.45. The molecule has 0 fully saturated rings. The van der Waals surface area contributed by atoms with Gasteiger partial charge in [0.05, 0.1) is 29.1 Å². The van der Waals surface area contributed by atoms with Crippen LogP contribution in [-0.2, 0) is 20.9 Å². The molecule has 0 saturated heterocycles. The van der Waals surface area contributed by atoms with Crippen molar-refractivity contribution in [3.63, 3.8) is 0 Å². The van der Waals surface area contributed by atoms with E-state index in [9.17, 15) is 14.4 Å². The smallest absolute Gasteiger partial charge is 0.329 e. The lowest BCUT2D eigenvalue weighted by Gasteiger charge is -2.08. The van der Waals surface area contributed by atoms with E-state index in [4.69, 9.17) is 32.4 Å². The van der Waals surface area contributed by atoms with E-state index in [2.05, 4.69) is 21.2 Å². The summed E-state index contributed by atoms with van der Waals surface area (Å²) >= 11 is 11.8. The van der Waals surface area contributed by atoms with Crippen molar-refractivity contribution in [2.45, 2.75) is 6.54 Å². The number of furan rings is 1. The predicted octanol–water partition coefficient (Wildman–Crippen LogP) is 3.37. The highest BCUT2D eigenvalue weighted by atomic mass is 35.5. The number of hydrazone groups is 1. The highest BCUT2D eigenvalue weighted by Gasteiger charge is 2.12.